The molecule has 0 saturated heterocycles. The van der Waals surface area contributed by atoms with Crippen LogP contribution in [0.1, 0.15) is 43.6 Å². The molecule has 4 rings (SSSR count). The molecule has 1 aromatic heterocycles. The van der Waals surface area contributed by atoms with E-state index < -0.39 is 23.9 Å². The van der Waals surface area contributed by atoms with Crippen molar-refractivity contribution in [1.82, 2.24) is 4.57 Å². The van der Waals surface area contributed by atoms with Crippen LogP contribution >= 0.6 is 0 Å². The fraction of sp³-hybridized carbons (Fsp3) is 0.219. The zero-order valence-corrected chi connectivity index (χ0v) is 24.6. The van der Waals surface area contributed by atoms with Gasteiger partial charge in [-0.15, -0.1) is 0 Å². The van der Waals surface area contributed by atoms with Crippen LogP contribution in [0, 0.1) is 0 Å². The zero-order valence-electron chi connectivity index (χ0n) is 24.6. The van der Waals surface area contributed by atoms with Gasteiger partial charge in [-0.1, -0.05) is 6.07 Å². The van der Waals surface area contributed by atoms with Crippen LogP contribution in [0.2, 0.25) is 0 Å². The smallest absolute Gasteiger partial charge is 0.308 e. The van der Waals surface area contributed by atoms with Gasteiger partial charge in [0.25, 0.3) is 0 Å². The largest absolute Gasteiger partial charge is 0.496 e. The van der Waals surface area contributed by atoms with Crippen LogP contribution in [0.25, 0.3) is 22.0 Å². The second-order valence-electron chi connectivity index (χ2n) is 9.64. The minimum atomic E-state index is -0.666. The molecule has 44 heavy (non-hydrogen) atoms. The molecule has 0 atom stereocenters. The normalized spacial score (nSPS) is 10.7. The Kier molecular flexibility index (Phi) is 9.44. The molecule has 1 heterocycles. The van der Waals surface area contributed by atoms with Crippen LogP contribution in [0.3, 0.4) is 0 Å². The summed E-state index contributed by atoms with van der Waals surface area (Å²) in [6, 6.07) is 12.2. The standard InChI is InChI=1S/C32H29NO11/c1-17(35)41-27-8-6-22(12-29(27)43-19(3)37)24-14-33(25-10-21(16-34)11-31(40-5)32(24)25)15-26(39)23-7-9-28(42-18(2)36)30(13-23)44-20(4)38/h6-14,34H,15-16H2,1-5H3. The second-order valence-corrected chi connectivity index (χ2v) is 9.64. The molecular weight excluding hydrogens is 574 g/mol. The van der Waals surface area contributed by atoms with E-state index in [2.05, 4.69) is 0 Å². The molecule has 0 aliphatic carbocycles. The third kappa shape index (κ3) is 7.10. The van der Waals surface area contributed by atoms with E-state index in [-0.39, 0.29) is 47.5 Å². The summed E-state index contributed by atoms with van der Waals surface area (Å²) in [6.07, 6.45) is 1.70. The maximum atomic E-state index is 13.6. The molecule has 0 fully saturated rings. The number of hydrogen-bond donors (Lipinski definition) is 1. The highest BCUT2D eigenvalue weighted by molar-refractivity contribution is 6.03. The number of carbonyl (C=O) groups excluding carboxylic acids is 5. The molecule has 0 radical (unpaired) electrons. The maximum Gasteiger partial charge on any atom is 0.308 e. The van der Waals surface area contributed by atoms with E-state index in [1.807, 2.05) is 0 Å². The van der Waals surface area contributed by atoms with E-state index in [4.69, 9.17) is 23.7 Å². The number of rotatable bonds is 10. The average Bonchev–Trinajstić information content (AvgIpc) is 3.31. The molecule has 0 saturated carbocycles. The Bertz CT molecular complexity index is 1800. The Labute approximate surface area is 251 Å². The molecule has 0 aliphatic heterocycles. The summed E-state index contributed by atoms with van der Waals surface area (Å²) in [7, 11) is 1.47. The molecule has 228 valence electrons. The average molecular weight is 604 g/mol. The second kappa shape index (κ2) is 13.2. The Balaban J connectivity index is 1.84. The number of benzene rings is 3. The number of ketones is 1. The number of ether oxygens (including phenoxy) is 5. The highest BCUT2D eigenvalue weighted by Crippen LogP contribution is 2.41. The van der Waals surface area contributed by atoms with Crippen molar-refractivity contribution in [2.75, 3.05) is 7.11 Å². The lowest BCUT2D eigenvalue weighted by Crippen LogP contribution is -2.12. The van der Waals surface area contributed by atoms with Gasteiger partial charge in [0.15, 0.2) is 28.8 Å². The molecular formula is C32H29NO11. The lowest BCUT2D eigenvalue weighted by Gasteiger charge is -2.12. The molecule has 4 aromatic rings. The molecule has 0 bridgehead atoms. The summed E-state index contributed by atoms with van der Waals surface area (Å²) in [5, 5.41) is 10.5. The van der Waals surface area contributed by atoms with Gasteiger partial charge in [0.05, 0.1) is 25.8 Å². The van der Waals surface area contributed by atoms with Crippen LogP contribution in [0.4, 0.5) is 0 Å². The SMILES string of the molecule is COc1cc(CO)cc2c1c(-c1ccc(OC(C)=O)c(OC(C)=O)c1)cn2CC(=O)c1ccc(OC(C)=O)c(OC(C)=O)c1. The first-order chi connectivity index (χ1) is 20.9. The van der Waals surface area contributed by atoms with E-state index >= 15 is 0 Å². The fourth-order valence-corrected chi connectivity index (χ4v) is 4.60. The van der Waals surface area contributed by atoms with Crippen LogP contribution in [0.15, 0.2) is 54.7 Å². The molecule has 0 spiro atoms. The first-order valence-electron chi connectivity index (χ1n) is 13.3. The first-order valence-corrected chi connectivity index (χ1v) is 13.3. The molecule has 12 nitrogen and oxygen atoms in total. The van der Waals surface area contributed by atoms with Gasteiger partial charge in [0.2, 0.25) is 0 Å². The quantitative estimate of drug-likeness (QED) is 0.156. The molecule has 0 aliphatic rings. The Hall–Kier alpha value is -5.49. The number of aliphatic hydroxyl groups is 1. The molecule has 12 heteroatoms. The van der Waals surface area contributed by atoms with E-state index in [0.29, 0.717) is 33.3 Å². The van der Waals surface area contributed by atoms with Crippen molar-refractivity contribution >= 4 is 40.6 Å². The maximum absolute atomic E-state index is 13.6. The number of aromatic nitrogens is 1. The summed E-state index contributed by atoms with van der Waals surface area (Å²) < 4.78 is 28.1. The highest BCUT2D eigenvalue weighted by atomic mass is 16.6. The molecule has 0 amide bonds. The monoisotopic (exact) mass is 603 g/mol. The topological polar surface area (TPSA) is 157 Å². The molecule has 1 N–H and O–H groups in total. The number of aliphatic hydroxyl groups excluding tert-OH is 1. The van der Waals surface area contributed by atoms with E-state index in [0.717, 1.165) is 0 Å². The molecule has 3 aromatic carbocycles. The summed E-state index contributed by atoms with van der Waals surface area (Å²) in [5.74, 6) is -2.54. The molecule has 0 unspecified atom stereocenters. The van der Waals surface area contributed by atoms with Gasteiger partial charge in [-0.3, -0.25) is 24.0 Å². The number of hydrogen-bond acceptors (Lipinski definition) is 11. The first kappa shape index (κ1) is 31.4. The predicted octanol–water partition coefficient (Wildman–Crippen LogP) is 4.39. The van der Waals surface area contributed by atoms with Gasteiger partial charge in [-0.2, -0.15) is 0 Å². The summed E-state index contributed by atoms with van der Waals surface area (Å²) >= 11 is 0. The summed E-state index contributed by atoms with van der Waals surface area (Å²) in [6.45, 7) is 4.32. The van der Waals surface area contributed by atoms with Gasteiger partial charge in [-0.25, -0.2) is 0 Å². The van der Waals surface area contributed by atoms with Crippen molar-refractivity contribution in [3.05, 3.63) is 65.9 Å². The van der Waals surface area contributed by atoms with Crippen molar-refractivity contribution in [3.63, 3.8) is 0 Å². The van der Waals surface area contributed by atoms with Gasteiger partial charge in [0, 0.05) is 50.4 Å². The number of esters is 4. The lowest BCUT2D eigenvalue weighted by molar-refractivity contribution is -0.134. The fourth-order valence-electron chi connectivity index (χ4n) is 4.60. The summed E-state index contributed by atoms with van der Waals surface area (Å²) in [5.41, 5.74) is 2.38. The van der Waals surface area contributed by atoms with Crippen LogP contribution < -0.4 is 23.7 Å². The van der Waals surface area contributed by atoms with Crippen LogP contribution in [-0.2, 0) is 32.3 Å². The third-order valence-electron chi connectivity index (χ3n) is 6.26. The lowest BCUT2D eigenvalue weighted by atomic mass is 10.0. The van der Waals surface area contributed by atoms with Gasteiger partial charge in [-0.05, 0) is 53.6 Å². The van der Waals surface area contributed by atoms with Crippen molar-refractivity contribution in [3.8, 4) is 39.9 Å². The van der Waals surface area contributed by atoms with Crippen molar-refractivity contribution in [1.29, 1.82) is 0 Å². The Morgan fingerprint density at radius 2 is 1.23 bits per heavy atom. The third-order valence-corrected chi connectivity index (χ3v) is 6.26. The van der Waals surface area contributed by atoms with Crippen molar-refractivity contribution < 1.29 is 52.8 Å². The van der Waals surface area contributed by atoms with Gasteiger partial charge < -0.3 is 33.4 Å². The van der Waals surface area contributed by atoms with Crippen molar-refractivity contribution in [2.24, 2.45) is 0 Å². The number of Topliss-reactive ketones (excluding diaryl/α,β-unsaturated/α-hetero) is 1. The Morgan fingerprint density at radius 3 is 1.77 bits per heavy atom. The number of nitrogens with zero attached hydrogens (tertiary/aromatic N) is 1. The number of carbonyl (C=O) groups is 5. The van der Waals surface area contributed by atoms with E-state index in [1.165, 1.54) is 65.1 Å². The van der Waals surface area contributed by atoms with Crippen LogP contribution in [0.5, 0.6) is 28.7 Å². The van der Waals surface area contributed by atoms with E-state index in [1.54, 1.807) is 29.0 Å². The van der Waals surface area contributed by atoms with Gasteiger partial charge >= 0.3 is 23.9 Å². The Morgan fingerprint density at radius 1 is 0.682 bits per heavy atom. The van der Waals surface area contributed by atoms with Crippen LogP contribution in [-0.4, -0.2) is 46.4 Å². The number of fused-ring (bicyclic) bond motifs is 1. The van der Waals surface area contributed by atoms with Crippen molar-refractivity contribution in [2.45, 2.75) is 40.8 Å². The minimum Gasteiger partial charge on any atom is -0.496 e. The highest BCUT2D eigenvalue weighted by Gasteiger charge is 2.21. The minimum absolute atomic E-state index is 0.0130. The zero-order chi connectivity index (χ0) is 32.1. The predicted molar refractivity (Wildman–Crippen MR) is 156 cm³/mol. The van der Waals surface area contributed by atoms with Gasteiger partial charge in [0.1, 0.15) is 5.75 Å². The number of methoxy groups -OCH3 is 1. The summed E-state index contributed by atoms with van der Waals surface area (Å²) in [4.78, 5) is 60.1. The van der Waals surface area contributed by atoms with E-state index in [9.17, 15) is 29.1 Å².